The molecule has 0 radical (unpaired) electrons. The van der Waals surface area contributed by atoms with Crippen molar-refractivity contribution in [3.05, 3.63) is 81.6 Å². The number of aryl methyl sites for hydroxylation is 1. The average molecular weight is 365 g/mol. The molecule has 3 aromatic rings. The predicted molar refractivity (Wildman–Crippen MR) is 101 cm³/mol. The average Bonchev–Trinajstić information content (AvgIpc) is 2.90. The molecular formula is C20H17ClN4O. The van der Waals surface area contributed by atoms with E-state index in [0.29, 0.717) is 34.1 Å². The van der Waals surface area contributed by atoms with E-state index in [2.05, 4.69) is 16.5 Å². The number of anilines is 1. The number of aromatic nitrogens is 2. The summed E-state index contributed by atoms with van der Waals surface area (Å²) in [4.78, 5) is 12.7. The fourth-order valence-electron chi connectivity index (χ4n) is 2.83. The minimum atomic E-state index is -0.250. The van der Waals surface area contributed by atoms with Crippen molar-refractivity contribution in [2.75, 3.05) is 5.32 Å². The maximum absolute atomic E-state index is 12.7. The minimum Gasteiger partial charge on any atom is -0.322 e. The van der Waals surface area contributed by atoms with Gasteiger partial charge in [0, 0.05) is 16.4 Å². The second-order valence-corrected chi connectivity index (χ2v) is 6.35. The first kappa shape index (κ1) is 17.7. The molecule has 1 aromatic heterocycles. The summed E-state index contributed by atoms with van der Waals surface area (Å²) in [7, 11) is 0. The molecule has 0 saturated heterocycles. The highest BCUT2D eigenvalue weighted by atomic mass is 35.5. The largest absolute Gasteiger partial charge is 0.322 e. The topological polar surface area (TPSA) is 70.7 Å². The molecular weight excluding hydrogens is 348 g/mol. The Morgan fingerprint density at radius 1 is 1.23 bits per heavy atom. The van der Waals surface area contributed by atoms with E-state index in [1.54, 1.807) is 35.9 Å². The third-order valence-electron chi connectivity index (χ3n) is 4.14. The first-order valence-electron chi connectivity index (χ1n) is 8.08. The van der Waals surface area contributed by atoms with Gasteiger partial charge in [0.25, 0.3) is 5.91 Å². The van der Waals surface area contributed by atoms with Gasteiger partial charge in [-0.25, -0.2) is 0 Å². The Balaban J connectivity index is 1.86. The number of rotatable bonds is 4. The molecule has 0 saturated carbocycles. The smallest absolute Gasteiger partial charge is 0.259 e. The van der Waals surface area contributed by atoms with Crippen LogP contribution in [0.1, 0.15) is 32.9 Å². The van der Waals surface area contributed by atoms with E-state index < -0.39 is 0 Å². The summed E-state index contributed by atoms with van der Waals surface area (Å²) in [5.74, 6) is -0.250. The molecule has 1 amide bonds. The molecule has 0 aliphatic carbocycles. The number of nitrogens with one attached hydrogen (secondary N) is 1. The summed E-state index contributed by atoms with van der Waals surface area (Å²) in [5, 5.41) is 17.0. The van der Waals surface area contributed by atoms with Crippen molar-refractivity contribution < 1.29 is 4.79 Å². The fraction of sp³-hybridized carbons (Fsp3) is 0.150. The second kappa shape index (κ2) is 7.42. The molecule has 1 N–H and O–H groups in total. The van der Waals surface area contributed by atoms with Crippen molar-refractivity contribution >= 4 is 23.2 Å². The standard InChI is InChI=1S/C20H17ClN4O/c1-13-19(20(26)23-17-8-5-6-15(10-17)11-22)14(2)25(24-13)12-16-7-3-4-9-18(16)21/h3-10H,12H2,1-2H3,(H,23,26). The van der Waals surface area contributed by atoms with Crippen LogP contribution in [0.25, 0.3) is 0 Å². The van der Waals surface area contributed by atoms with Gasteiger partial charge in [-0.1, -0.05) is 35.9 Å². The van der Waals surface area contributed by atoms with Gasteiger partial charge in [-0.3, -0.25) is 9.48 Å². The van der Waals surface area contributed by atoms with Crippen LogP contribution in [0.15, 0.2) is 48.5 Å². The van der Waals surface area contributed by atoms with Crippen molar-refractivity contribution in [2.45, 2.75) is 20.4 Å². The van der Waals surface area contributed by atoms with E-state index in [9.17, 15) is 4.79 Å². The normalized spacial score (nSPS) is 10.4. The highest BCUT2D eigenvalue weighted by Gasteiger charge is 2.19. The van der Waals surface area contributed by atoms with Crippen LogP contribution in [-0.2, 0) is 6.54 Å². The number of amides is 1. The Morgan fingerprint density at radius 3 is 2.73 bits per heavy atom. The third-order valence-corrected chi connectivity index (χ3v) is 4.50. The molecule has 0 bridgehead atoms. The first-order chi connectivity index (χ1) is 12.5. The van der Waals surface area contributed by atoms with Gasteiger partial charge in [0.15, 0.2) is 0 Å². The van der Waals surface area contributed by atoms with Gasteiger partial charge >= 0.3 is 0 Å². The van der Waals surface area contributed by atoms with Crippen molar-refractivity contribution in [1.82, 2.24) is 9.78 Å². The molecule has 2 aromatic carbocycles. The highest BCUT2D eigenvalue weighted by molar-refractivity contribution is 6.31. The van der Waals surface area contributed by atoms with E-state index in [-0.39, 0.29) is 5.91 Å². The van der Waals surface area contributed by atoms with Gasteiger partial charge < -0.3 is 5.32 Å². The van der Waals surface area contributed by atoms with Gasteiger partial charge in [0.05, 0.1) is 29.4 Å². The Labute approximate surface area is 156 Å². The van der Waals surface area contributed by atoms with Gasteiger partial charge in [0.1, 0.15) is 0 Å². The third kappa shape index (κ3) is 3.61. The first-order valence-corrected chi connectivity index (χ1v) is 8.46. The zero-order chi connectivity index (χ0) is 18.7. The van der Waals surface area contributed by atoms with Gasteiger partial charge in [-0.05, 0) is 43.7 Å². The summed E-state index contributed by atoms with van der Waals surface area (Å²) < 4.78 is 1.77. The summed E-state index contributed by atoms with van der Waals surface area (Å²) >= 11 is 6.22. The lowest BCUT2D eigenvalue weighted by Crippen LogP contribution is -2.14. The van der Waals surface area contributed by atoms with Crippen molar-refractivity contribution in [2.24, 2.45) is 0 Å². The van der Waals surface area contributed by atoms with Crippen LogP contribution in [0.3, 0.4) is 0 Å². The summed E-state index contributed by atoms with van der Waals surface area (Å²) in [6, 6.07) is 16.4. The molecule has 3 rings (SSSR count). The Kier molecular flexibility index (Phi) is 5.06. The Hall–Kier alpha value is -3.10. The van der Waals surface area contributed by atoms with E-state index in [1.807, 2.05) is 31.2 Å². The number of benzene rings is 2. The van der Waals surface area contributed by atoms with Crippen molar-refractivity contribution in [1.29, 1.82) is 5.26 Å². The summed E-state index contributed by atoms with van der Waals surface area (Å²) in [6.07, 6.45) is 0. The molecule has 0 atom stereocenters. The lowest BCUT2D eigenvalue weighted by molar-refractivity contribution is 0.102. The molecule has 6 heteroatoms. The number of hydrogen-bond acceptors (Lipinski definition) is 3. The van der Waals surface area contributed by atoms with Crippen LogP contribution in [0.5, 0.6) is 0 Å². The Morgan fingerprint density at radius 2 is 2.00 bits per heavy atom. The molecule has 0 aliphatic rings. The maximum atomic E-state index is 12.7. The van der Waals surface area contributed by atoms with Crippen LogP contribution in [-0.4, -0.2) is 15.7 Å². The van der Waals surface area contributed by atoms with Crippen LogP contribution in [0, 0.1) is 25.2 Å². The SMILES string of the molecule is Cc1nn(Cc2ccccc2Cl)c(C)c1C(=O)Nc1cccc(C#N)c1. The van der Waals surface area contributed by atoms with E-state index >= 15 is 0 Å². The number of carbonyl (C=O) groups excluding carboxylic acids is 1. The minimum absolute atomic E-state index is 0.250. The van der Waals surface area contributed by atoms with Crippen LogP contribution in [0.2, 0.25) is 5.02 Å². The molecule has 0 aliphatic heterocycles. The van der Waals surface area contributed by atoms with Crippen LogP contribution in [0.4, 0.5) is 5.69 Å². The lowest BCUT2D eigenvalue weighted by Gasteiger charge is -2.08. The molecule has 5 nitrogen and oxygen atoms in total. The van der Waals surface area contributed by atoms with E-state index in [0.717, 1.165) is 11.3 Å². The van der Waals surface area contributed by atoms with Crippen molar-refractivity contribution in [3.63, 3.8) is 0 Å². The molecule has 1 heterocycles. The molecule has 0 unspecified atom stereocenters. The monoisotopic (exact) mass is 364 g/mol. The number of halogens is 1. The maximum Gasteiger partial charge on any atom is 0.259 e. The van der Waals surface area contributed by atoms with Crippen LogP contribution < -0.4 is 5.32 Å². The predicted octanol–water partition coefficient (Wildman–Crippen LogP) is 4.33. The van der Waals surface area contributed by atoms with Crippen LogP contribution >= 0.6 is 11.6 Å². The molecule has 130 valence electrons. The molecule has 0 spiro atoms. The number of nitrogens with zero attached hydrogens (tertiary/aromatic N) is 3. The number of nitriles is 1. The zero-order valence-electron chi connectivity index (χ0n) is 14.5. The van der Waals surface area contributed by atoms with Gasteiger partial charge in [-0.15, -0.1) is 0 Å². The fourth-order valence-corrected chi connectivity index (χ4v) is 3.02. The summed E-state index contributed by atoms with van der Waals surface area (Å²) in [6.45, 7) is 4.15. The highest BCUT2D eigenvalue weighted by Crippen LogP contribution is 2.20. The summed E-state index contributed by atoms with van der Waals surface area (Å²) in [5.41, 5.74) is 3.94. The van der Waals surface area contributed by atoms with Crippen molar-refractivity contribution in [3.8, 4) is 6.07 Å². The lowest BCUT2D eigenvalue weighted by atomic mass is 10.1. The Bertz CT molecular complexity index is 1020. The second-order valence-electron chi connectivity index (χ2n) is 5.94. The quantitative estimate of drug-likeness (QED) is 0.749. The number of carbonyl (C=O) groups is 1. The van der Waals surface area contributed by atoms with E-state index in [4.69, 9.17) is 16.9 Å². The molecule has 0 fully saturated rings. The zero-order valence-corrected chi connectivity index (χ0v) is 15.2. The van der Waals surface area contributed by atoms with Gasteiger partial charge in [0.2, 0.25) is 0 Å². The van der Waals surface area contributed by atoms with E-state index in [1.165, 1.54) is 0 Å². The molecule has 26 heavy (non-hydrogen) atoms. The number of hydrogen-bond donors (Lipinski definition) is 1. The van der Waals surface area contributed by atoms with Gasteiger partial charge in [-0.2, -0.15) is 10.4 Å².